The van der Waals surface area contributed by atoms with Gasteiger partial charge in [-0.3, -0.25) is 10.1 Å². The highest BCUT2D eigenvalue weighted by Gasteiger charge is 2.16. The van der Waals surface area contributed by atoms with E-state index in [0.717, 1.165) is 5.76 Å². The zero-order valence-electron chi connectivity index (χ0n) is 13.8. The van der Waals surface area contributed by atoms with Crippen LogP contribution in [0.2, 0.25) is 0 Å². The van der Waals surface area contributed by atoms with E-state index in [2.05, 4.69) is 15.0 Å². The van der Waals surface area contributed by atoms with Crippen LogP contribution in [0, 0.1) is 6.92 Å². The van der Waals surface area contributed by atoms with Crippen LogP contribution in [-0.2, 0) is 0 Å². The largest absolute Gasteiger partial charge is 0.493 e. The highest BCUT2D eigenvalue weighted by Crippen LogP contribution is 2.30. The Hall–Kier alpha value is -2.94. The number of carbonyl (C=O) groups excluding carboxylic acids is 1. The Kier molecular flexibility index (Phi) is 5.17. The van der Waals surface area contributed by atoms with Gasteiger partial charge < -0.3 is 13.9 Å². The molecule has 6 nitrogen and oxygen atoms in total. The molecule has 0 saturated carbocycles. The van der Waals surface area contributed by atoms with E-state index in [1.54, 1.807) is 11.4 Å². The molecule has 0 aliphatic carbocycles. The van der Waals surface area contributed by atoms with Crippen molar-refractivity contribution >= 4 is 22.4 Å². The van der Waals surface area contributed by atoms with Crippen molar-refractivity contribution in [2.24, 2.45) is 0 Å². The molecule has 2 aromatic heterocycles. The van der Waals surface area contributed by atoms with Gasteiger partial charge in [-0.25, -0.2) is 4.98 Å². The van der Waals surface area contributed by atoms with Crippen molar-refractivity contribution in [2.75, 3.05) is 12.4 Å². The number of carbonyl (C=O) groups is 1. The van der Waals surface area contributed by atoms with Crippen LogP contribution in [0.1, 0.15) is 16.1 Å². The topological polar surface area (TPSA) is 73.6 Å². The van der Waals surface area contributed by atoms with Crippen molar-refractivity contribution in [3.8, 4) is 23.0 Å². The fraction of sp³-hybridized carbons (Fsp3) is 0.176. The lowest BCUT2D eigenvalue weighted by atomic mass is 10.2. The maximum absolute atomic E-state index is 12.4. The summed E-state index contributed by atoms with van der Waals surface area (Å²) in [7, 11) is 1.30. The number of aryl methyl sites for hydroxylation is 1. The summed E-state index contributed by atoms with van der Waals surface area (Å²) in [5, 5.41) is 4.79. The molecule has 1 aromatic carbocycles. The third-order valence-electron chi connectivity index (χ3n) is 3.36. The Morgan fingerprint density at radius 3 is 2.73 bits per heavy atom. The number of nitrogens with zero attached hydrogens (tertiary/aromatic N) is 1. The number of aromatic nitrogens is 1. The number of nitrogens with one attached hydrogen (secondary N) is 1. The highest BCUT2D eigenvalue weighted by molar-refractivity contribution is 7.14. The van der Waals surface area contributed by atoms with E-state index in [0.29, 0.717) is 16.6 Å². The van der Waals surface area contributed by atoms with Gasteiger partial charge in [0, 0.05) is 10.9 Å². The lowest BCUT2D eigenvalue weighted by Gasteiger charge is -2.11. The molecule has 0 spiro atoms. The summed E-state index contributed by atoms with van der Waals surface area (Å²) >= 11 is 1.24. The Labute approximate surface area is 151 Å². The molecule has 3 aromatic rings. The minimum Gasteiger partial charge on any atom is -0.493 e. The number of thiazole rings is 1. The van der Waals surface area contributed by atoms with Crippen molar-refractivity contribution in [3.05, 3.63) is 47.0 Å². The maximum Gasteiger partial charge on any atom is 0.387 e. The molecule has 0 aliphatic heterocycles. The fourth-order valence-corrected chi connectivity index (χ4v) is 2.88. The fourth-order valence-electron chi connectivity index (χ4n) is 2.19. The molecule has 0 unspecified atom stereocenters. The van der Waals surface area contributed by atoms with Crippen LogP contribution in [0.4, 0.5) is 13.9 Å². The third kappa shape index (κ3) is 3.99. The van der Waals surface area contributed by atoms with E-state index < -0.39 is 12.5 Å². The van der Waals surface area contributed by atoms with Gasteiger partial charge in [-0.1, -0.05) is 0 Å². The Bertz CT molecular complexity index is 923. The van der Waals surface area contributed by atoms with Gasteiger partial charge in [-0.05, 0) is 37.3 Å². The normalized spacial score (nSPS) is 10.8. The third-order valence-corrected chi connectivity index (χ3v) is 4.12. The first-order chi connectivity index (χ1) is 12.5. The van der Waals surface area contributed by atoms with Gasteiger partial charge in [0.25, 0.3) is 5.91 Å². The number of benzene rings is 1. The van der Waals surface area contributed by atoms with Gasteiger partial charge in [-0.2, -0.15) is 8.78 Å². The van der Waals surface area contributed by atoms with Gasteiger partial charge >= 0.3 is 6.61 Å². The Morgan fingerprint density at radius 2 is 2.08 bits per heavy atom. The number of amides is 1. The number of furan rings is 1. The number of rotatable bonds is 6. The van der Waals surface area contributed by atoms with Crippen LogP contribution < -0.4 is 14.8 Å². The average molecular weight is 380 g/mol. The minimum absolute atomic E-state index is 0.0313. The van der Waals surface area contributed by atoms with E-state index in [4.69, 9.17) is 9.15 Å². The number of ether oxygens (including phenoxy) is 2. The molecule has 26 heavy (non-hydrogen) atoms. The van der Waals surface area contributed by atoms with Crippen molar-refractivity contribution in [1.82, 2.24) is 4.98 Å². The van der Waals surface area contributed by atoms with E-state index in [-0.39, 0.29) is 17.1 Å². The molecule has 0 aliphatic rings. The van der Waals surface area contributed by atoms with Crippen LogP contribution in [0.25, 0.3) is 11.5 Å². The van der Waals surface area contributed by atoms with Crippen molar-refractivity contribution in [1.29, 1.82) is 0 Å². The first-order valence-corrected chi connectivity index (χ1v) is 8.31. The van der Waals surface area contributed by atoms with Gasteiger partial charge in [0.1, 0.15) is 11.5 Å². The van der Waals surface area contributed by atoms with E-state index in [1.165, 1.54) is 36.6 Å². The molecule has 1 amide bonds. The van der Waals surface area contributed by atoms with Crippen molar-refractivity contribution in [2.45, 2.75) is 13.5 Å². The first-order valence-electron chi connectivity index (χ1n) is 7.43. The molecule has 0 bridgehead atoms. The number of hydrogen-bond acceptors (Lipinski definition) is 6. The predicted molar refractivity (Wildman–Crippen MR) is 92.1 cm³/mol. The Balaban J connectivity index is 1.75. The molecule has 1 N–H and O–H groups in total. The van der Waals surface area contributed by atoms with Crippen molar-refractivity contribution < 1.29 is 27.5 Å². The summed E-state index contributed by atoms with van der Waals surface area (Å²) in [4.78, 5) is 16.6. The van der Waals surface area contributed by atoms with Gasteiger partial charge in [0.15, 0.2) is 22.4 Å². The molecule has 0 atom stereocenters. The zero-order chi connectivity index (χ0) is 18.7. The number of alkyl halides is 2. The zero-order valence-corrected chi connectivity index (χ0v) is 14.6. The second-order valence-corrected chi connectivity index (χ2v) is 6.00. The molecule has 2 heterocycles. The van der Waals surface area contributed by atoms with Gasteiger partial charge in [0.05, 0.1) is 7.11 Å². The second-order valence-electron chi connectivity index (χ2n) is 5.15. The highest BCUT2D eigenvalue weighted by atomic mass is 32.1. The maximum atomic E-state index is 12.4. The molecule has 0 saturated heterocycles. The van der Waals surface area contributed by atoms with E-state index in [1.807, 2.05) is 13.0 Å². The van der Waals surface area contributed by atoms with E-state index in [9.17, 15) is 13.6 Å². The molecular formula is C17H14F2N2O4S. The lowest BCUT2D eigenvalue weighted by molar-refractivity contribution is -0.0512. The Morgan fingerprint density at radius 1 is 1.27 bits per heavy atom. The molecular weight excluding hydrogens is 366 g/mol. The van der Waals surface area contributed by atoms with Crippen LogP contribution in [0.3, 0.4) is 0 Å². The summed E-state index contributed by atoms with van der Waals surface area (Å²) in [5.41, 5.74) is 0.825. The number of halogens is 2. The molecule has 136 valence electrons. The van der Waals surface area contributed by atoms with Crippen LogP contribution in [0.5, 0.6) is 11.5 Å². The minimum atomic E-state index is -2.98. The number of methoxy groups -OCH3 is 1. The first kappa shape index (κ1) is 17.9. The molecule has 9 heteroatoms. The summed E-state index contributed by atoms with van der Waals surface area (Å²) in [6.45, 7) is -1.16. The average Bonchev–Trinajstić information content (AvgIpc) is 3.23. The van der Waals surface area contributed by atoms with Crippen LogP contribution >= 0.6 is 11.3 Å². The van der Waals surface area contributed by atoms with E-state index >= 15 is 0 Å². The quantitative estimate of drug-likeness (QED) is 0.678. The van der Waals surface area contributed by atoms with Crippen molar-refractivity contribution in [3.63, 3.8) is 0 Å². The molecule has 0 fully saturated rings. The van der Waals surface area contributed by atoms with Gasteiger partial charge in [0.2, 0.25) is 0 Å². The number of anilines is 1. The van der Waals surface area contributed by atoms with Gasteiger partial charge in [-0.15, -0.1) is 11.3 Å². The summed E-state index contributed by atoms with van der Waals surface area (Å²) in [6, 6.07) is 7.54. The smallest absolute Gasteiger partial charge is 0.387 e. The molecule has 0 radical (unpaired) electrons. The number of hydrogen-bond donors (Lipinski definition) is 1. The predicted octanol–water partition coefficient (Wildman–Crippen LogP) is 4.57. The summed E-state index contributed by atoms with van der Waals surface area (Å²) in [6.07, 6.45) is 0. The summed E-state index contributed by atoms with van der Waals surface area (Å²) in [5.74, 6) is 0.794. The SMILES string of the molecule is COc1cc(C(=O)Nc2nc(-c3ccc(C)o3)cs2)ccc1OC(F)F. The second kappa shape index (κ2) is 7.52. The standard InChI is InChI=1S/C17H14F2N2O4S/c1-9-3-5-12(24-9)11-8-26-17(20-11)21-15(22)10-4-6-13(25-16(18)19)14(7-10)23-2/h3-8,16H,1-2H3,(H,20,21,22). The lowest BCUT2D eigenvalue weighted by Crippen LogP contribution is -2.12. The van der Waals surface area contributed by atoms with Crippen LogP contribution in [0.15, 0.2) is 40.1 Å². The summed E-state index contributed by atoms with van der Waals surface area (Å²) < 4.78 is 39.5. The monoisotopic (exact) mass is 380 g/mol. The van der Waals surface area contributed by atoms with Crippen LogP contribution in [-0.4, -0.2) is 24.6 Å². The molecule has 3 rings (SSSR count).